The summed E-state index contributed by atoms with van der Waals surface area (Å²) in [6, 6.07) is 0.160. The first-order valence-electron chi connectivity index (χ1n) is 20.0. The predicted molar refractivity (Wildman–Crippen MR) is 205 cm³/mol. The van der Waals surface area contributed by atoms with Crippen LogP contribution < -0.4 is 0 Å². The normalized spacial score (nSPS) is 43.6. The molecule has 54 heavy (non-hydrogen) atoms. The highest BCUT2D eigenvalue weighted by Gasteiger charge is 2.46. The van der Waals surface area contributed by atoms with Gasteiger partial charge in [0.1, 0.15) is 18.5 Å². The number of carbonyl (C=O) groups excluding carboxylic acids is 3. The molecule has 0 aromatic carbocycles. The second kappa shape index (κ2) is 21.5. The first kappa shape index (κ1) is 46.4. The Morgan fingerprint density at radius 1 is 0.870 bits per heavy atom. The summed E-state index contributed by atoms with van der Waals surface area (Å²) in [7, 11) is 7.33. The number of nitrogens with zero attached hydrogens (tertiary/aromatic N) is 1. The van der Waals surface area contributed by atoms with Crippen molar-refractivity contribution in [3.63, 3.8) is 0 Å². The summed E-state index contributed by atoms with van der Waals surface area (Å²) >= 11 is 0. The average molecular weight is 766 g/mol. The van der Waals surface area contributed by atoms with Crippen LogP contribution in [0.4, 0.5) is 0 Å². The van der Waals surface area contributed by atoms with Crippen LogP contribution in [-0.2, 0) is 47.5 Å². The largest absolute Gasteiger partial charge is 0.462 e. The molecule has 0 radical (unpaired) electrons. The molecule has 3 rings (SSSR count). The molecule has 3 aliphatic heterocycles. The molecule has 17 atom stereocenters. The third-order valence-electron chi connectivity index (χ3n) is 12.3. The van der Waals surface area contributed by atoms with Gasteiger partial charge in [0.05, 0.1) is 43.5 Å². The van der Waals surface area contributed by atoms with Gasteiger partial charge in [-0.1, -0.05) is 59.3 Å². The summed E-state index contributed by atoms with van der Waals surface area (Å²) < 4.78 is 43.5. The minimum absolute atomic E-state index is 0.0378. The number of methoxy groups -OCH3 is 2. The summed E-state index contributed by atoms with van der Waals surface area (Å²) in [5.41, 5.74) is 0.789. The smallest absolute Gasteiger partial charge is 0.308 e. The highest BCUT2D eigenvalue weighted by molar-refractivity contribution is 5.91. The molecule has 1 unspecified atom stereocenters. The van der Waals surface area contributed by atoms with E-state index in [2.05, 4.69) is 18.7 Å². The minimum Gasteiger partial charge on any atom is -0.462 e. The molecule has 1 N–H and O–H groups in total. The molecule has 0 saturated carbocycles. The lowest BCUT2D eigenvalue weighted by Crippen LogP contribution is -2.56. The molecule has 2 fully saturated rings. The van der Waals surface area contributed by atoms with Gasteiger partial charge in [0.25, 0.3) is 0 Å². The van der Waals surface area contributed by atoms with Crippen molar-refractivity contribution in [2.75, 3.05) is 34.9 Å². The molecule has 2 saturated heterocycles. The van der Waals surface area contributed by atoms with Gasteiger partial charge in [0, 0.05) is 56.3 Å². The van der Waals surface area contributed by atoms with E-state index in [9.17, 15) is 19.5 Å². The standard InChI is InChI=1S/C42H71NO11/c1-14-35-32(22-50-42-40(49-13)39(48-12)26(5)30(9)52-42)19-23(2)15-16-33(45)24(3)20-31(17-18-44)38(27(6)34(46)21-36(47)53-35)54-41-28(7)37(43(10)11)25(4)29(8)51-41/h15-16,18-19,24-32,34-35,37-42,46H,14,17,20-22H2,1-13H3/b16-15+,23-19+/t24-,25-,26-,27+,28-,29-,30-,31?,32-,34-,35-,37+,38-,39-,40-,41+,42-/m1/s1. The molecule has 0 bridgehead atoms. The minimum atomic E-state index is -1.16. The molecule has 0 amide bonds. The molecular weight excluding hydrogens is 694 g/mol. The first-order chi connectivity index (χ1) is 25.5. The number of hydrogen-bond acceptors (Lipinski definition) is 12. The van der Waals surface area contributed by atoms with Crippen molar-refractivity contribution in [2.45, 2.75) is 149 Å². The van der Waals surface area contributed by atoms with Crippen LogP contribution in [0.2, 0.25) is 0 Å². The van der Waals surface area contributed by atoms with E-state index in [1.807, 2.05) is 68.6 Å². The molecule has 12 nitrogen and oxygen atoms in total. The monoisotopic (exact) mass is 766 g/mol. The Balaban J connectivity index is 1.96. The van der Waals surface area contributed by atoms with E-state index in [-0.39, 0.29) is 67.3 Å². The number of hydrogen-bond donors (Lipinski definition) is 1. The number of rotatable bonds is 11. The highest BCUT2D eigenvalue weighted by atomic mass is 16.7. The summed E-state index contributed by atoms with van der Waals surface area (Å²) in [4.78, 5) is 41.6. The number of ether oxygens (including phenoxy) is 7. The molecule has 3 aliphatic rings. The summed E-state index contributed by atoms with van der Waals surface area (Å²) in [6.07, 6.45) is 1.97. The second-order valence-corrected chi connectivity index (χ2v) is 16.5. The van der Waals surface area contributed by atoms with Crippen LogP contribution in [0, 0.1) is 41.4 Å². The third-order valence-corrected chi connectivity index (χ3v) is 12.3. The van der Waals surface area contributed by atoms with Crippen molar-refractivity contribution in [2.24, 2.45) is 41.4 Å². The number of aldehydes is 1. The lowest BCUT2D eigenvalue weighted by Gasteiger charge is -2.48. The fourth-order valence-corrected chi connectivity index (χ4v) is 8.72. The SMILES string of the molecule is CC[C@H]1OC(=O)C[C@@H](O)[C@H](C)[C@@H](O[C@@H]2O[C@H](C)[C@@H](C)[C@H](N(C)C)[C@H]2C)C(CC=O)C[C@@H](C)C(=O)/C=C/C(C)=C/[C@@H]1CO[C@@H]1O[C@H](C)[C@@H](C)[C@@H](OC)[C@H]1OC. The van der Waals surface area contributed by atoms with E-state index < -0.39 is 66.6 Å². The number of esters is 1. The zero-order valence-electron chi connectivity index (χ0n) is 35.1. The Bertz CT molecular complexity index is 1260. The van der Waals surface area contributed by atoms with Gasteiger partial charge < -0.3 is 48.0 Å². The third kappa shape index (κ3) is 11.8. The molecule has 3 heterocycles. The lowest BCUT2D eigenvalue weighted by atomic mass is 9.79. The van der Waals surface area contributed by atoms with Gasteiger partial charge in [-0.25, -0.2) is 0 Å². The van der Waals surface area contributed by atoms with Gasteiger partial charge in [-0.05, 0) is 65.6 Å². The highest BCUT2D eigenvalue weighted by Crippen LogP contribution is 2.38. The number of aliphatic hydroxyl groups excluding tert-OH is 1. The maximum atomic E-state index is 13.7. The molecule has 0 spiro atoms. The lowest BCUT2D eigenvalue weighted by molar-refractivity contribution is -0.292. The molecule has 0 aliphatic carbocycles. The average Bonchev–Trinajstić information content (AvgIpc) is 3.12. The molecule has 310 valence electrons. The Hall–Kier alpha value is -2.03. The summed E-state index contributed by atoms with van der Waals surface area (Å²) in [6.45, 7) is 17.9. The topological polar surface area (TPSA) is 139 Å². The first-order valence-corrected chi connectivity index (χ1v) is 20.0. The maximum absolute atomic E-state index is 13.7. The van der Waals surface area contributed by atoms with Crippen LogP contribution in [0.5, 0.6) is 0 Å². The number of ketones is 1. The Morgan fingerprint density at radius 2 is 1.50 bits per heavy atom. The second-order valence-electron chi connectivity index (χ2n) is 16.5. The molecular formula is C42H71NO11. The predicted octanol–water partition coefficient (Wildman–Crippen LogP) is 5.39. The molecule has 0 aromatic heterocycles. The zero-order chi connectivity index (χ0) is 40.4. The van der Waals surface area contributed by atoms with Crippen molar-refractivity contribution < 1.29 is 52.6 Å². The van der Waals surface area contributed by atoms with Gasteiger partial charge in [0.15, 0.2) is 18.4 Å². The Kier molecular flexibility index (Phi) is 18.4. The number of cyclic esters (lactones) is 1. The number of carbonyl (C=O) groups is 3. The van der Waals surface area contributed by atoms with Crippen LogP contribution in [0.15, 0.2) is 23.8 Å². The van der Waals surface area contributed by atoms with Crippen molar-refractivity contribution in [1.82, 2.24) is 4.90 Å². The van der Waals surface area contributed by atoms with E-state index in [1.165, 1.54) is 0 Å². The van der Waals surface area contributed by atoms with Crippen LogP contribution in [-0.4, -0.2) is 124 Å². The Morgan fingerprint density at radius 3 is 2.09 bits per heavy atom. The van der Waals surface area contributed by atoms with E-state index in [0.717, 1.165) is 11.9 Å². The van der Waals surface area contributed by atoms with E-state index in [0.29, 0.717) is 12.8 Å². The van der Waals surface area contributed by atoms with Gasteiger partial charge in [0.2, 0.25) is 0 Å². The Labute approximate surface area is 324 Å². The van der Waals surface area contributed by atoms with E-state index in [1.54, 1.807) is 26.4 Å². The number of allylic oxidation sites excluding steroid dienone is 3. The van der Waals surface area contributed by atoms with Crippen LogP contribution in [0.25, 0.3) is 0 Å². The fourth-order valence-electron chi connectivity index (χ4n) is 8.72. The number of aliphatic hydroxyl groups is 1. The van der Waals surface area contributed by atoms with Crippen molar-refractivity contribution in [1.29, 1.82) is 0 Å². The summed E-state index contributed by atoms with van der Waals surface area (Å²) in [5.74, 6) is -2.26. The van der Waals surface area contributed by atoms with E-state index in [4.69, 9.17) is 33.2 Å². The van der Waals surface area contributed by atoms with Crippen LogP contribution in [0.1, 0.15) is 88.0 Å². The summed E-state index contributed by atoms with van der Waals surface area (Å²) in [5, 5.41) is 11.7. The van der Waals surface area contributed by atoms with Crippen molar-refractivity contribution in [3.05, 3.63) is 23.8 Å². The van der Waals surface area contributed by atoms with Gasteiger partial charge in [-0.15, -0.1) is 0 Å². The van der Waals surface area contributed by atoms with Gasteiger partial charge >= 0.3 is 5.97 Å². The molecule has 0 aromatic rings. The quantitative estimate of drug-likeness (QED) is 0.213. The van der Waals surface area contributed by atoms with Crippen LogP contribution in [0.3, 0.4) is 0 Å². The molecule has 12 heteroatoms. The van der Waals surface area contributed by atoms with Crippen molar-refractivity contribution in [3.8, 4) is 0 Å². The fraction of sp³-hybridized carbons (Fsp3) is 0.833. The van der Waals surface area contributed by atoms with E-state index >= 15 is 0 Å². The van der Waals surface area contributed by atoms with Gasteiger partial charge in [-0.2, -0.15) is 0 Å². The van der Waals surface area contributed by atoms with Gasteiger partial charge in [-0.3, -0.25) is 9.59 Å². The zero-order valence-corrected chi connectivity index (χ0v) is 35.1. The maximum Gasteiger partial charge on any atom is 0.308 e. The van der Waals surface area contributed by atoms with Crippen molar-refractivity contribution >= 4 is 18.0 Å². The van der Waals surface area contributed by atoms with Crippen LogP contribution >= 0.6 is 0 Å².